The smallest absolute Gasteiger partial charge is 0.0197 e. The topological polar surface area (TPSA) is 0 Å². The predicted octanol–water partition coefficient (Wildman–Crippen LogP) is 4.91. The molecule has 0 aromatic heterocycles. The van der Waals surface area contributed by atoms with Crippen LogP contribution in [-0.2, 0) is 11.8 Å². The van der Waals surface area contributed by atoms with Crippen LogP contribution in [0.4, 0.5) is 0 Å². The van der Waals surface area contributed by atoms with Crippen molar-refractivity contribution in [3.8, 4) is 0 Å². The summed E-state index contributed by atoms with van der Waals surface area (Å²) in [6.45, 7) is 2.45. The van der Waals surface area contributed by atoms with Crippen LogP contribution in [0.25, 0.3) is 0 Å². The van der Waals surface area contributed by atoms with Crippen molar-refractivity contribution in [1.29, 1.82) is 0 Å². The molecule has 0 amide bonds. The third kappa shape index (κ3) is 1.67. The van der Waals surface area contributed by atoms with Gasteiger partial charge in [-0.15, -0.1) is 0 Å². The molecule has 20 heavy (non-hydrogen) atoms. The van der Waals surface area contributed by atoms with E-state index in [0.29, 0.717) is 10.8 Å². The van der Waals surface area contributed by atoms with E-state index in [1.807, 2.05) is 0 Å². The zero-order valence-electron chi connectivity index (χ0n) is 12.0. The van der Waals surface area contributed by atoms with Crippen LogP contribution in [0.1, 0.15) is 30.9 Å². The van der Waals surface area contributed by atoms with Crippen molar-refractivity contribution < 1.29 is 0 Å². The molecule has 1 saturated carbocycles. The Bertz CT molecular complexity index is 653. The predicted molar refractivity (Wildman–Crippen MR) is 83.7 cm³/mol. The van der Waals surface area contributed by atoms with Gasteiger partial charge in [-0.3, -0.25) is 0 Å². The van der Waals surface area contributed by atoms with Crippen molar-refractivity contribution >= 4 is 0 Å². The Labute approximate surface area is 121 Å². The molecule has 0 spiro atoms. The summed E-state index contributed by atoms with van der Waals surface area (Å²) in [5.41, 5.74) is 5.36. The maximum atomic E-state index is 2.58. The minimum Gasteiger partial charge on any atom is -0.0738 e. The van der Waals surface area contributed by atoms with Gasteiger partial charge in [-0.2, -0.15) is 0 Å². The Morgan fingerprint density at radius 1 is 0.900 bits per heavy atom. The van der Waals surface area contributed by atoms with Gasteiger partial charge in [0.25, 0.3) is 0 Å². The molecule has 2 aromatic carbocycles. The van der Waals surface area contributed by atoms with Crippen LogP contribution in [0.15, 0.2) is 72.3 Å². The van der Waals surface area contributed by atoms with Gasteiger partial charge in [-0.25, -0.2) is 0 Å². The molecule has 0 N–H and O–H groups in total. The summed E-state index contributed by atoms with van der Waals surface area (Å²) in [6.07, 6.45) is 6.28. The summed E-state index contributed by atoms with van der Waals surface area (Å²) >= 11 is 0. The van der Waals surface area contributed by atoms with Gasteiger partial charge in [0.2, 0.25) is 0 Å². The van der Waals surface area contributed by atoms with E-state index < -0.39 is 0 Å². The largest absolute Gasteiger partial charge is 0.0738 e. The summed E-state index contributed by atoms with van der Waals surface area (Å²) in [4.78, 5) is 0. The van der Waals surface area contributed by atoms with Gasteiger partial charge in [-0.05, 0) is 35.8 Å². The highest BCUT2D eigenvalue weighted by Crippen LogP contribution is 2.72. The first-order chi connectivity index (χ1) is 9.72. The molecule has 2 aliphatic carbocycles. The minimum atomic E-state index is 0.332. The number of fused-ring (bicyclic) bond motifs is 1. The molecule has 1 fully saturated rings. The minimum absolute atomic E-state index is 0.332. The second-order valence-electron chi connectivity index (χ2n) is 6.72. The third-order valence-electron chi connectivity index (χ3n) is 5.25. The number of hydrogen-bond acceptors (Lipinski definition) is 0. The molecule has 100 valence electrons. The summed E-state index contributed by atoms with van der Waals surface area (Å²) in [6, 6.07) is 21.9. The standard InChI is InChI=1S/C20H20/c1-19-13-17(12-16-8-4-2-5-9-16)14-20(19,15-19)18-10-6-3-7-11-18/h2-11,14H,12-13,15H2,1H3/t19-,20+/m0/s1. The van der Waals surface area contributed by atoms with Crippen LogP contribution in [0, 0.1) is 5.41 Å². The molecule has 0 radical (unpaired) electrons. The normalized spacial score (nSPS) is 30.8. The van der Waals surface area contributed by atoms with Crippen LogP contribution in [0.5, 0.6) is 0 Å². The summed E-state index contributed by atoms with van der Waals surface area (Å²) in [5, 5.41) is 0. The van der Waals surface area contributed by atoms with Crippen molar-refractivity contribution in [1.82, 2.24) is 0 Å². The van der Waals surface area contributed by atoms with Crippen LogP contribution in [0.3, 0.4) is 0 Å². The molecular formula is C20H20. The van der Waals surface area contributed by atoms with E-state index in [1.54, 1.807) is 5.57 Å². The molecule has 2 atom stereocenters. The monoisotopic (exact) mass is 260 g/mol. The lowest BCUT2D eigenvalue weighted by Crippen LogP contribution is -2.08. The summed E-state index contributed by atoms with van der Waals surface area (Å²) < 4.78 is 0. The highest BCUT2D eigenvalue weighted by atomic mass is 14.7. The highest BCUT2D eigenvalue weighted by molar-refractivity contribution is 5.50. The van der Waals surface area contributed by atoms with E-state index in [1.165, 1.54) is 24.0 Å². The van der Waals surface area contributed by atoms with Gasteiger partial charge in [0.1, 0.15) is 0 Å². The molecule has 0 bridgehead atoms. The lowest BCUT2D eigenvalue weighted by atomic mass is 9.90. The fourth-order valence-electron chi connectivity index (χ4n) is 4.16. The first-order valence-corrected chi connectivity index (χ1v) is 7.52. The summed E-state index contributed by atoms with van der Waals surface area (Å²) in [7, 11) is 0. The van der Waals surface area contributed by atoms with Crippen molar-refractivity contribution in [2.75, 3.05) is 0 Å². The fourth-order valence-corrected chi connectivity index (χ4v) is 4.16. The molecule has 0 aliphatic heterocycles. The van der Waals surface area contributed by atoms with Gasteiger partial charge in [0.15, 0.2) is 0 Å². The first kappa shape index (κ1) is 12.0. The quantitative estimate of drug-likeness (QED) is 0.688. The second-order valence-corrected chi connectivity index (χ2v) is 6.72. The van der Waals surface area contributed by atoms with Gasteiger partial charge < -0.3 is 0 Å². The number of allylic oxidation sites excluding steroid dienone is 2. The van der Waals surface area contributed by atoms with Gasteiger partial charge >= 0.3 is 0 Å². The van der Waals surface area contributed by atoms with E-state index in [2.05, 4.69) is 73.7 Å². The Hall–Kier alpha value is -1.82. The average Bonchev–Trinajstić information content (AvgIpc) is 2.95. The van der Waals surface area contributed by atoms with E-state index in [0.717, 1.165) is 6.42 Å². The van der Waals surface area contributed by atoms with Crippen LogP contribution >= 0.6 is 0 Å². The molecule has 2 aromatic rings. The Morgan fingerprint density at radius 3 is 2.25 bits per heavy atom. The number of rotatable bonds is 3. The molecule has 0 unspecified atom stereocenters. The molecule has 0 heteroatoms. The SMILES string of the molecule is C[C@@]12CC(Cc3ccccc3)=C[C@]1(c1ccccc1)C2. The van der Waals surface area contributed by atoms with E-state index in [4.69, 9.17) is 0 Å². The van der Waals surface area contributed by atoms with Crippen molar-refractivity contribution in [3.63, 3.8) is 0 Å². The highest BCUT2D eigenvalue weighted by Gasteiger charge is 2.66. The zero-order chi connectivity index (χ0) is 13.6. The van der Waals surface area contributed by atoms with Crippen molar-refractivity contribution in [2.24, 2.45) is 5.41 Å². The lowest BCUT2D eigenvalue weighted by Gasteiger charge is -2.13. The maximum absolute atomic E-state index is 2.58. The zero-order valence-corrected chi connectivity index (χ0v) is 12.0. The average molecular weight is 260 g/mol. The Kier molecular flexibility index (Phi) is 2.44. The number of hydrogen-bond donors (Lipinski definition) is 0. The van der Waals surface area contributed by atoms with Crippen molar-refractivity contribution in [2.45, 2.75) is 31.6 Å². The lowest BCUT2D eigenvalue weighted by molar-refractivity contribution is 0.529. The Morgan fingerprint density at radius 2 is 1.55 bits per heavy atom. The second kappa shape index (κ2) is 4.09. The van der Waals surface area contributed by atoms with E-state index in [9.17, 15) is 0 Å². The van der Waals surface area contributed by atoms with Gasteiger partial charge in [-0.1, -0.05) is 79.2 Å². The van der Waals surface area contributed by atoms with Crippen molar-refractivity contribution in [3.05, 3.63) is 83.4 Å². The molecular weight excluding hydrogens is 240 g/mol. The van der Waals surface area contributed by atoms with Crippen LogP contribution < -0.4 is 0 Å². The first-order valence-electron chi connectivity index (χ1n) is 7.52. The van der Waals surface area contributed by atoms with Crippen LogP contribution in [-0.4, -0.2) is 0 Å². The van der Waals surface area contributed by atoms with Gasteiger partial charge in [0.05, 0.1) is 0 Å². The fraction of sp³-hybridized carbons (Fsp3) is 0.300. The third-order valence-corrected chi connectivity index (χ3v) is 5.25. The number of benzene rings is 2. The molecule has 0 saturated heterocycles. The van der Waals surface area contributed by atoms with Crippen LogP contribution in [0.2, 0.25) is 0 Å². The summed E-state index contributed by atoms with van der Waals surface area (Å²) in [5.74, 6) is 0. The van der Waals surface area contributed by atoms with E-state index >= 15 is 0 Å². The molecule has 0 heterocycles. The maximum Gasteiger partial charge on any atom is 0.0197 e. The molecule has 0 nitrogen and oxygen atoms in total. The van der Waals surface area contributed by atoms with E-state index in [-0.39, 0.29) is 0 Å². The molecule has 4 rings (SSSR count). The molecule has 2 aliphatic rings. The van der Waals surface area contributed by atoms with Gasteiger partial charge in [0, 0.05) is 5.41 Å². The Balaban J connectivity index is 1.64.